The normalized spacial score (nSPS) is 14.0. The summed E-state index contributed by atoms with van der Waals surface area (Å²) < 4.78 is 24.2. The molecule has 0 aromatic heterocycles. The highest BCUT2D eigenvalue weighted by Gasteiger charge is 2.30. The summed E-state index contributed by atoms with van der Waals surface area (Å²) in [7, 11) is 1.56. The number of hydrogen-bond acceptors (Lipinski definition) is 6. The molecule has 0 fully saturated rings. The van der Waals surface area contributed by atoms with E-state index in [2.05, 4.69) is 15.9 Å². The lowest BCUT2D eigenvalue weighted by atomic mass is 9.92. The van der Waals surface area contributed by atoms with E-state index in [1.165, 1.54) is 0 Å². The van der Waals surface area contributed by atoms with E-state index in [0.29, 0.717) is 39.5 Å². The molecule has 35 heavy (non-hydrogen) atoms. The van der Waals surface area contributed by atoms with E-state index in [4.69, 9.17) is 18.9 Å². The van der Waals surface area contributed by atoms with Crippen molar-refractivity contribution in [2.24, 2.45) is 0 Å². The second kappa shape index (κ2) is 10.7. The molecule has 3 aromatic carbocycles. The number of rotatable bonds is 9. The van der Waals surface area contributed by atoms with Crippen LogP contribution in [0.1, 0.15) is 47.3 Å². The molecule has 0 amide bonds. The molecule has 0 aliphatic carbocycles. The number of ether oxygens (including phenoxy) is 4. The van der Waals surface area contributed by atoms with E-state index in [1.807, 2.05) is 50.2 Å². The lowest BCUT2D eigenvalue weighted by molar-refractivity contribution is 0.0812. The highest BCUT2D eigenvalue weighted by atomic mass is 79.9. The van der Waals surface area contributed by atoms with Crippen LogP contribution in [0.25, 0.3) is 0 Å². The van der Waals surface area contributed by atoms with Crippen LogP contribution in [0.2, 0.25) is 0 Å². The van der Waals surface area contributed by atoms with Crippen molar-refractivity contribution in [3.05, 3.63) is 81.3 Å². The Bertz CT molecular complexity index is 1210. The minimum Gasteiger partial charge on any atom is -0.495 e. The van der Waals surface area contributed by atoms with Crippen molar-refractivity contribution in [1.29, 1.82) is 0 Å². The molecule has 0 saturated carbocycles. The summed E-state index contributed by atoms with van der Waals surface area (Å²) in [5.74, 6) is 1.94. The average Bonchev–Trinajstić information content (AvgIpc) is 2.86. The quantitative estimate of drug-likeness (QED) is 0.341. The van der Waals surface area contributed by atoms with Crippen LogP contribution < -0.4 is 18.9 Å². The Morgan fingerprint density at radius 2 is 1.86 bits per heavy atom. The molecule has 1 N–H and O–H groups in total. The molecule has 1 aliphatic heterocycles. The van der Waals surface area contributed by atoms with Crippen LogP contribution in [0.3, 0.4) is 0 Å². The van der Waals surface area contributed by atoms with Gasteiger partial charge in [0.25, 0.3) is 0 Å². The maximum Gasteiger partial charge on any atom is 0.203 e. The molecule has 4 rings (SSSR count). The van der Waals surface area contributed by atoms with Gasteiger partial charge < -0.3 is 24.1 Å². The highest BCUT2D eigenvalue weighted by Crippen LogP contribution is 2.41. The number of Topliss-reactive ketones (excluding diaryl/α,β-unsaturated/α-hetero) is 1. The molecule has 7 heteroatoms. The second-order valence-corrected chi connectivity index (χ2v) is 9.87. The Kier molecular flexibility index (Phi) is 7.67. The number of carbonyl (C=O) groups is 1. The van der Waals surface area contributed by atoms with Crippen molar-refractivity contribution in [3.63, 3.8) is 0 Å². The number of methoxy groups -OCH3 is 1. The number of benzene rings is 3. The first kappa shape index (κ1) is 25.1. The zero-order valence-electron chi connectivity index (χ0n) is 20.1. The van der Waals surface area contributed by atoms with Gasteiger partial charge in [-0.05, 0) is 66.4 Å². The minimum absolute atomic E-state index is 0.195. The summed E-state index contributed by atoms with van der Waals surface area (Å²) in [6.45, 7) is 3.98. The highest BCUT2D eigenvalue weighted by molar-refractivity contribution is 9.10. The Morgan fingerprint density at radius 1 is 1.09 bits per heavy atom. The zero-order chi connectivity index (χ0) is 25.0. The van der Waals surface area contributed by atoms with Crippen LogP contribution in [0.5, 0.6) is 23.0 Å². The number of ketones is 1. The van der Waals surface area contributed by atoms with Gasteiger partial charge in [0, 0.05) is 17.2 Å². The fourth-order valence-electron chi connectivity index (χ4n) is 4.05. The molecular weight excluding hydrogens is 512 g/mol. The van der Waals surface area contributed by atoms with Gasteiger partial charge in [-0.1, -0.05) is 30.3 Å². The predicted molar refractivity (Wildman–Crippen MR) is 137 cm³/mol. The summed E-state index contributed by atoms with van der Waals surface area (Å²) >= 11 is 3.46. The number of aliphatic hydroxyl groups excluding tert-OH is 1. The van der Waals surface area contributed by atoms with Crippen LogP contribution in [0.15, 0.2) is 59.1 Å². The lowest BCUT2D eigenvalue weighted by Crippen LogP contribution is -2.33. The summed E-state index contributed by atoms with van der Waals surface area (Å²) in [6, 6.07) is 16.7. The summed E-state index contributed by atoms with van der Waals surface area (Å²) in [6.07, 6.45) is 1.54. The zero-order valence-corrected chi connectivity index (χ0v) is 21.7. The fourth-order valence-corrected chi connectivity index (χ4v) is 4.55. The Balaban J connectivity index is 1.58. The Morgan fingerprint density at radius 3 is 2.57 bits per heavy atom. The lowest BCUT2D eigenvalue weighted by Gasteiger charge is -2.33. The van der Waals surface area contributed by atoms with Crippen LogP contribution in [-0.2, 0) is 19.6 Å². The van der Waals surface area contributed by atoms with Crippen LogP contribution in [-0.4, -0.2) is 30.2 Å². The molecular formula is C28H29BrO6. The van der Waals surface area contributed by atoms with Gasteiger partial charge in [0.2, 0.25) is 5.78 Å². The minimum atomic E-state index is -0.277. The number of aliphatic hydroxyl groups is 1. The van der Waals surface area contributed by atoms with E-state index in [9.17, 15) is 9.90 Å². The largest absolute Gasteiger partial charge is 0.495 e. The van der Waals surface area contributed by atoms with Crippen molar-refractivity contribution in [2.75, 3.05) is 13.7 Å². The summed E-state index contributed by atoms with van der Waals surface area (Å²) in [5, 5.41) is 9.88. The molecule has 0 unspecified atom stereocenters. The van der Waals surface area contributed by atoms with Crippen molar-refractivity contribution >= 4 is 21.7 Å². The Hall–Kier alpha value is -3.03. The van der Waals surface area contributed by atoms with E-state index < -0.39 is 0 Å². The van der Waals surface area contributed by atoms with Gasteiger partial charge >= 0.3 is 0 Å². The third kappa shape index (κ3) is 5.80. The molecule has 0 spiro atoms. The first-order valence-corrected chi connectivity index (χ1v) is 12.3. The molecule has 0 radical (unpaired) electrons. The summed E-state index contributed by atoms with van der Waals surface area (Å²) in [4.78, 5) is 13.3. The SMILES string of the molecule is COc1cc(OCc2ccccc2)c(C(=O)COc2c(CO)ccc3c2CCC(C)(C)O3)cc1Br. The fraction of sp³-hybridized carbons (Fsp3) is 0.321. The molecule has 3 aromatic rings. The second-order valence-electron chi connectivity index (χ2n) is 9.02. The van der Waals surface area contributed by atoms with Crippen LogP contribution in [0, 0.1) is 0 Å². The first-order valence-electron chi connectivity index (χ1n) is 11.5. The maximum absolute atomic E-state index is 13.3. The topological polar surface area (TPSA) is 74.2 Å². The first-order chi connectivity index (χ1) is 16.8. The maximum atomic E-state index is 13.3. The standard InChI is InChI=1S/C28H29BrO6/c1-28(2)12-11-20-24(35-28)10-9-19(15-30)27(20)34-17-23(31)21-13-22(29)26(32-3)14-25(21)33-16-18-7-5-4-6-8-18/h4-10,13-14,30H,11-12,15-17H2,1-3H3. The monoisotopic (exact) mass is 540 g/mol. The van der Waals surface area contributed by atoms with E-state index in [-0.39, 0.29) is 24.6 Å². The predicted octanol–water partition coefficient (Wildman–Crippen LogP) is 5.89. The van der Waals surface area contributed by atoms with Gasteiger partial charge in [0.05, 0.1) is 23.8 Å². The van der Waals surface area contributed by atoms with Gasteiger partial charge in [-0.25, -0.2) is 0 Å². The molecule has 184 valence electrons. The smallest absolute Gasteiger partial charge is 0.203 e. The van der Waals surface area contributed by atoms with Gasteiger partial charge in [-0.2, -0.15) is 0 Å². The Labute approximate surface area is 213 Å². The molecule has 0 bridgehead atoms. The third-order valence-electron chi connectivity index (χ3n) is 5.97. The van der Waals surface area contributed by atoms with E-state index in [0.717, 1.165) is 29.7 Å². The van der Waals surface area contributed by atoms with E-state index >= 15 is 0 Å². The van der Waals surface area contributed by atoms with Gasteiger partial charge in [0.1, 0.15) is 35.2 Å². The van der Waals surface area contributed by atoms with Crippen LogP contribution in [0.4, 0.5) is 0 Å². The number of halogens is 1. The van der Waals surface area contributed by atoms with Crippen molar-refractivity contribution in [1.82, 2.24) is 0 Å². The average molecular weight is 541 g/mol. The third-order valence-corrected chi connectivity index (χ3v) is 6.59. The number of hydrogen-bond donors (Lipinski definition) is 1. The molecule has 1 aliphatic rings. The summed E-state index contributed by atoms with van der Waals surface area (Å²) in [5.41, 5.74) is 2.58. The number of carbonyl (C=O) groups excluding carboxylic acids is 1. The van der Waals surface area contributed by atoms with Crippen molar-refractivity contribution in [2.45, 2.75) is 45.5 Å². The van der Waals surface area contributed by atoms with Gasteiger partial charge in [0.15, 0.2) is 6.61 Å². The van der Waals surface area contributed by atoms with Gasteiger partial charge in [-0.15, -0.1) is 0 Å². The van der Waals surface area contributed by atoms with Crippen LogP contribution >= 0.6 is 15.9 Å². The number of fused-ring (bicyclic) bond motifs is 1. The van der Waals surface area contributed by atoms with Crippen molar-refractivity contribution < 1.29 is 28.8 Å². The van der Waals surface area contributed by atoms with Gasteiger partial charge in [-0.3, -0.25) is 4.79 Å². The molecule has 1 heterocycles. The molecule has 0 saturated heterocycles. The van der Waals surface area contributed by atoms with Crippen molar-refractivity contribution in [3.8, 4) is 23.0 Å². The molecule has 6 nitrogen and oxygen atoms in total. The van der Waals surface area contributed by atoms with E-state index in [1.54, 1.807) is 25.3 Å². The molecule has 0 atom stereocenters.